The molecule has 19 heavy (non-hydrogen) atoms. The maximum atomic E-state index is 12.8. The molecular weight excluding hydrogens is 259 g/mol. The fraction of sp³-hybridized carbons (Fsp3) is 0.385. The Labute approximate surface area is 109 Å². The first kappa shape index (κ1) is 15.7. The van der Waals surface area contributed by atoms with Crippen molar-refractivity contribution < 1.29 is 23.1 Å². The molecule has 3 nitrogen and oxygen atoms in total. The second kappa shape index (κ2) is 6.70. The van der Waals surface area contributed by atoms with Crippen molar-refractivity contribution in [2.75, 3.05) is 13.7 Å². The number of ether oxygens (including phenoxy) is 1. The molecule has 2 atom stereocenters. The largest absolute Gasteiger partial charge is 0.409 e. The maximum absolute atomic E-state index is 12.8. The summed E-state index contributed by atoms with van der Waals surface area (Å²) in [5, 5.41) is 10.1. The normalized spacial score (nSPS) is 15.3. The predicted molar refractivity (Wildman–Crippen MR) is 64.7 cm³/mol. The van der Waals surface area contributed by atoms with Crippen molar-refractivity contribution >= 4 is 0 Å². The van der Waals surface area contributed by atoms with Crippen LogP contribution < -0.4 is 0 Å². The molecule has 0 amide bonds. The number of methoxy groups -OCH3 is 1. The predicted octanol–water partition coefficient (Wildman–Crippen LogP) is 3.18. The van der Waals surface area contributed by atoms with Gasteiger partial charge in [-0.3, -0.25) is 0 Å². The minimum atomic E-state index is -4.60. The number of alkyl halides is 3. The number of rotatable bonds is 6. The third-order valence-electron chi connectivity index (χ3n) is 2.67. The van der Waals surface area contributed by atoms with Crippen LogP contribution in [0.2, 0.25) is 0 Å². The van der Waals surface area contributed by atoms with Gasteiger partial charge in [-0.25, -0.2) is 0 Å². The summed E-state index contributed by atoms with van der Waals surface area (Å²) in [5.41, 5.74) is 0.531. The SMILES string of the molecule is C=C[C@H](N(O)[C@@H](COC)c1ccccc1)C(F)(F)F. The van der Waals surface area contributed by atoms with Gasteiger partial charge in [-0.1, -0.05) is 36.4 Å². The Morgan fingerprint density at radius 2 is 1.95 bits per heavy atom. The van der Waals surface area contributed by atoms with Crippen LogP contribution in [0, 0.1) is 0 Å². The molecule has 106 valence electrons. The molecular formula is C13H16F3NO2. The second-order valence-corrected chi connectivity index (χ2v) is 3.98. The number of benzene rings is 1. The van der Waals surface area contributed by atoms with E-state index < -0.39 is 18.3 Å². The lowest BCUT2D eigenvalue weighted by Gasteiger charge is -2.32. The van der Waals surface area contributed by atoms with Gasteiger partial charge in [0.1, 0.15) is 6.04 Å². The summed E-state index contributed by atoms with van der Waals surface area (Å²) in [6, 6.07) is 5.30. The molecule has 0 radical (unpaired) electrons. The zero-order valence-corrected chi connectivity index (χ0v) is 10.5. The summed E-state index contributed by atoms with van der Waals surface area (Å²) in [6.45, 7) is 3.05. The third-order valence-corrected chi connectivity index (χ3v) is 2.67. The molecule has 0 aromatic heterocycles. The second-order valence-electron chi connectivity index (χ2n) is 3.98. The van der Waals surface area contributed by atoms with E-state index in [1.807, 2.05) is 0 Å². The van der Waals surface area contributed by atoms with E-state index in [9.17, 15) is 18.4 Å². The molecule has 0 saturated carbocycles. The standard InChI is InChI=1S/C13H16F3NO2/c1-3-12(13(14,15)16)17(18)11(9-19-2)10-7-5-4-6-8-10/h3-8,11-12,18H,1,9H2,2H3/t11-,12-/m0/s1. The van der Waals surface area contributed by atoms with Crippen molar-refractivity contribution in [2.24, 2.45) is 0 Å². The van der Waals surface area contributed by atoms with Crippen LogP contribution in [0.5, 0.6) is 0 Å². The average molecular weight is 275 g/mol. The summed E-state index contributed by atoms with van der Waals surface area (Å²) < 4.78 is 43.2. The zero-order valence-electron chi connectivity index (χ0n) is 10.5. The number of halogens is 3. The smallest absolute Gasteiger partial charge is 0.383 e. The van der Waals surface area contributed by atoms with Crippen molar-refractivity contribution in [2.45, 2.75) is 18.3 Å². The Morgan fingerprint density at radius 1 is 1.37 bits per heavy atom. The van der Waals surface area contributed by atoms with E-state index in [0.29, 0.717) is 11.6 Å². The highest BCUT2D eigenvalue weighted by atomic mass is 19.4. The molecule has 0 spiro atoms. The van der Waals surface area contributed by atoms with Gasteiger partial charge >= 0.3 is 6.18 Å². The molecule has 0 saturated heterocycles. The lowest BCUT2D eigenvalue weighted by molar-refractivity contribution is -0.257. The van der Waals surface area contributed by atoms with Crippen LogP contribution >= 0.6 is 0 Å². The molecule has 0 heterocycles. The highest BCUT2D eigenvalue weighted by molar-refractivity contribution is 5.19. The number of hydrogen-bond acceptors (Lipinski definition) is 3. The summed E-state index contributed by atoms with van der Waals surface area (Å²) >= 11 is 0. The van der Waals surface area contributed by atoms with Gasteiger partial charge in [0.15, 0.2) is 0 Å². The maximum Gasteiger partial charge on any atom is 0.409 e. The van der Waals surface area contributed by atoms with Gasteiger partial charge in [0.25, 0.3) is 0 Å². The minimum Gasteiger partial charge on any atom is -0.383 e. The number of nitrogens with zero attached hydrogens (tertiary/aromatic N) is 1. The Kier molecular flexibility index (Phi) is 5.53. The van der Waals surface area contributed by atoms with Crippen molar-refractivity contribution in [1.82, 2.24) is 5.06 Å². The molecule has 0 aliphatic carbocycles. The van der Waals surface area contributed by atoms with Crippen LogP contribution in [-0.4, -0.2) is 36.2 Å². The highest BCUT2D eigenvalue weighted by Gasteiger charge is 2.44. The molecule has 1 aromatic rings. The van der Waals surface area contributed by atoms with Gasteiger partial charge in [0.05, 0.1) is 12.6 Å². The van der Waals surface area contributed by atoms with Gasteiger partial charge in [0, 0.05) is 7.11 Å². The molecule has 1 aromatic carbocycles. The quantitative estimate of drug-likeness (QED) is 0.639. The van der Waals surface area contributed by atoms with Gasteiger partial charge in [0.2, 0.25) is 0 Å². The molecule has 0 fully saturated rings. The molecule has 0 aliphatic rings. The fourth-order valence-electron chi connectivity index (χ4n) is 1.74. The first-order valence-corrected chi connectivity index (χ1v) is 5.62. The van der Waals surface area contributed by atoms with Crippen LogP contribution in [0.15, 0.2) is 43.0 Å². The highest BCUT2D eigenvalue weighted by Crippen LogP contribution is 2.30. The molecule has 1 rings (SSSR count). The molecule has 0 bridgehead atoms. The lowest BCUT2D eigenvalue weighted by atomic mass is 10.1. The minimum absolute atomic E-state index is 0.0685. The summed E-state index contributed by atoms with van der Waals surface area (Å²) in [4.78, 5) is 0. The van der Waals surface area contributed by atoms with Crippen molar-refractivity contribution in [3.05, 3.63) is 48.6 Å². The van der Waals surface area contributed by atoms with Crippen LogP contribution in [0.25, 0.3) is 0 Å². The summed E-state index contributed by atoms with van der Waals surface area (Å²) in [7, 11) is 1.36. The topological polar surface area (TPSA) is 32.7 Å². The Morgan fingerprint density at radius 3 is 2.37 bits per heavy atom. The van der Waals surface area contributed by atoms with E-state index in [4.69, 9.17) is 4.74 Å². The fourth-order valence-corrected chi connectivity index (χ4v) is 1.74. The van der Waals surface area contributed by atoms with Crippen LogP contribution in [-0.2, 0) is 4.74 Å². The van der Waals surface area contributed by atoms with E-state index in [1.54, 1.807) is 30.3 Å². The Hall–Kier alpha value is -1.37. The Balaban J connectivity index is 3.02. The van der Waals surface area contributed by atoms with Crippen molar-refractivity contribution in [3.8, 4) is 0 Å². The van der Waals surface area contributed by atoms with E-state index in [2.05, 4.69) is 6.58 Å². The Bertz CT molecular complexity index is 395. The first-order chi connectivity index (χ1) is 8.91. The molecule has 6 heteroatoms. The van der Waals surface area contributed by atoms with Crippen LogP contribution in [0.1, 0.15) is 11.6 Å². The number of hydroxylamine groups is 2. The van der Waals surface area contributed by atoms with Crippen LogP contribution in [0.4, 0.5) is 13.2 Å². The summed E-state index contributed by atoms with van der Waals surface area (Å²) in [6.07, 6.45) is -3.94. The van der Waals surface area contributed by atoms with Crippen LogP contribution in [0.3, 0.4) is 0 Å². The third kappa shape index (κ3) is 4.05. The monoisotopic (exact) mass is 275 g/mol. The first-order valence-electron chi connectivity index (χ1n) is 5.62. The summed E-state index contributed by atoms with van der Waals surface area (Å²) in [5.74, 6) is 0. The molecule has 1 N–H and O–H groups in total. The number of hydrogen-bond donors (Lipinski definition) is 1. The van der Waals surface area contributed by atoms with Gasteiger partial charge in [-0.05, 0) is 5.56 Å². The van der Waals surface area contributed by atoms with Gasteiger partial charge in [-0.2, -0.15) is 18.2 Å². The van der Waals surface area contributed by atoms with E-state index >= 15 is 0 Å². The van der Waals surface area contributed by atoms with Gasteiger partial charge in [-0.15, -0.1) is 6.58 Å². The van der Waals surface area contributed by atoms with Crippen molar-refractivity contribution in [1.29, 1.82) is 0 Å². The average Bonchev–Trinajstić information content (AvgIpc) is 2.36. The zero-order chi connectivity index (χ0) is 14.5. The lowest BCUT2D eigenvalue weighted by Crippen LogP contribution is -2.45. The van der Waals surface area contributed by atoms with E-state index in [0.717, 1.165) is 0 Å². The molecule has 0 unspecified atom stereocenters. The van der Waals surface area contributed by atoms with Crippen molar-refractivity contribution in [3.63, 3.8) is 0 Å². The van der Waals surface area contributed by atoms with Gasteiger partial charge < -0.3 is 9.94 Å². The van der Waals surface area contributed by atoms with E-state index in [-0.39, 0.29) is 11.7 Å². The van der Waals surface area contributed by atoms with E-state index in [1.165, 1.54) is 7.11 Å². The molecule has 0 aliphatic heterocycles.